The predicted octanol–water partition coefficient (Wildman–Crippen LogP) is 3.01. The minimum absolute atomic E-state index is 0.0267. The molecule has 0 spiro atoms. The summed E-state index contributed by atoms with van der Waals surface area (Å²) in [5, 5.41) is 17.7. The Hall–Kier alpha value is -1.97. The van der Waals surface area contributed by atoms with Crippen LogP contribution in [0.2, 0.25) is 0 Å². The summed E-state index contributed by atoms with van der Waals surface area (Å²) in [6, 6.07) is 9.06. The van der Waals surface area contributed by atoms with E-state index < -0.39 is 5.97 Å². The molecule has 0 aliphatic carbocycles. The fraction of sp³-hybridized carbons (Fsp3) is 0.250. The Kier molecular flexibility index (Phi) is 4.39. The van der Waals surface area contributed by atoms with E-state index in [9.17, 15) is 4.79 Å². The van der Waals surface area contributed by atoms with Crippen molar-refractivity contribution in [3.8, 4) is 5.95 Å². The lowest BCUT2D eigenvalue weighted by molar-refractivity contribution is -0.137. The third-order valence-electron chi connectivity index (χ3n) is 1.88. The van der Waals surface area contributed by atoms with Crippen LogP contribution in [0.25, 0.3) is 11.0 Å². The smallest absolute Gasteiger partial charge is 0.303 e. The van der Waals surface area contributed by atoms with Crippen LogP contribution in [0.1, 0.15) is 19.8 Å². The summed E-state index contributed by atoms with van der Waals surface area (Å²) in [4.78, 5) is 9.60. The molecule has 2 aromatic rings. The summed E-state index contributed by atoms with van der Waals surface area (Å²) in [5.74, 6) is -0.737. The maximum atomic E-state index is 9.60. The van der Waals surface area contributed by atoms with Crippen molar-refractivity contribution in [2.75, 3.05) is 0 Å². The molecule has 2 rings (SSSR count). The second-order valence-electron chi connectivity index (χ2n) is 3.27. The van der Waals surface area contributed by atoms with Gasteiger partial charge in [0.05, 0.1) is 0 Å². The highest BCUT2D eigenvalue weighted by molar-refractivity contribution is 5.78. The van der Waals surface area contributed by atoms with Gasteiger partial charge in [-0.15, -0.1) is 0 Å². The van der Waals surface area contributed by atoms with Gasteiger partial charge in [-0.1, -0.05) is 25.1 Å². The van der Waals surface area contributed by atoms with Crippen LogP contribution in [0.4, 0.5) is 0 Å². The van der Waals surface area contributed by atoms with Crippen LogP contribution < -0.4 is 0 Å². The largest absolute Gasteiger partial charge is 0.481 e. The zero-order valence-corrected chi connectivity index (χ0v) is 9.01. The molecule has 86 valence electrons. The van der Waals surface area contributed by atoms with Crippen molar-refractivity contribution in [3.05, 3.63) is 30.3 Å². The molecule has 0 fully saturated rings. The normalized spacial score (nSPS) is 9.56. The third kappa shape index (κ3) is 3.65. The van der Waals surface area contributed by atoms with Crippen molar-refractivity contribution < 1.29 is 19.4 Å². The van der Waals surface area contributed by atoms with Gasteiger partial charge in [0.25, 0.3) is 5.95 Å². The van der Waals surface area contributed by atoms with Gasteiger partial charge >= 0.3 is 5.97 Å². The van der Waals surface area contributed by atoms with Gasteiger partial charge in [-0.25, -0.2) is 0 Å². The second-order valence-corrected chi connectivity index (χ2v) is 3.27. The van der Waals surface area contributed by atoms with Crippen LogP contribution in [0.5, 0.6) is 5.95 Å². The van der Waals surface area contributed by atoms with E-state index in [1.54, 1.807) is 6.07 Å². The van der Waals surface area contributed by atoms with Gasteiger partial charge in [-0.05, 0) is 12.5 Å². The summed E-state index contributed by atoms with van der Waals surface area (Å²) in [6.45, 7) is 1.84. The van der Waals surface area contributed by atoms with Crippen LogP contribution in [-0.4, -0.2) is 16.2 Å². The van der Waals surface area contributed by atoms with Crippen molar-refractivity contribution in [1.29, 1.82) is 0 Å². The number of furan rings is 1. The summed E-state index contributed by atoms with van der Waals surface area (Å²) < 4.78 is 4.92. The Bertz CT molecular complexity index is 426. The number of aliphatic carboxylic acids is 1. The molecule has 4 nitrogen and oxygen atoms in total. The summed E-state index contributed by atoms with van der Waals surface area (Å²) in [7, 11) is 0. The molecule has 0 saturated carbocycles. The van der Waals surface area contributed by atoms with Gasteiger partial charge in [0.15, 0.2) is 0 Å². The zero-order chi connectivity index (χ0) is 12.0. The lowest BCUT2D eigenvalue weighted by Gasteiger charge is -1.81. The molecular weight excluding hydrogens is 208 g/mol. The number of aromatic hydroxyl groups is 1. The number of rotatable bonds is 2. The molecule has 4 heteroatoms. The van der Waals surface area contributed by atoms with Gasteiger partial charge < -0.3 is 14.6 Å². The molecule has 0 unspecified atom stereocenters. The molecule has 0 bridgehead atoms. The summed E-state index contributed by atoms with van der Waals surface area (Å²) in [5.41, 5.74) is 0.722. The number of carbonyl (C=O) groups is 1. The highest BCUT2D eigenvalue weighted by Crippen LogP contribution is 2.22. The number of benzene rings is 1. The molecular formula is C12H14O4. The van der Waals surface area contributed by atoms with E-state index in [0.717, 1.165) is 17.4 Å². The van der Waals surface area contributed by atoms with Crippen molar-refractivity contribution in [2.45, 2.75) is 19.8 Å². The Morgan fingerprint density at radius 3 is 2.56 bits per heavy atom. The van der Waals surface area contributed by atoms with Crippen LogP contribution in [-0.2, 0) is 4.79 Å². The van der Waals surface area contributed by atoms with Crippen LogP contribution in [0.15, 0.2) is 34.7 Å². The molecule has 0 saturated heterocycles. The average molecular weight is 222 g/mol. The Balaban J connectivity index is 0.000000187. The van der Waals surface area contributed by atoms with E-state index in [0.29, 0.717) is 6.42 Å². The van der Waals surface area contributed by atoms with E-state index in [4.69, 9.17) is 14.6 Å². The van der Waals surface area contributed by atoms with Crippen molar-refractivity contribution >= 4 is 16.9 Å². The molecule has 0 atom stereocenters. The topological polar surface area (TPSA) is 70.7 Å². The molecule has 0 amide bonds. The minimum atomic E-state index is -0.711. The molecule has 1 aromatic carbocycles. The summed E-state index contributed by atoms with van der Waals surface area (Å²) >= 11 is 0. The van der Waals surface area contributed by atoms with E-state index in [1.165, 1.54) is 0 Å². The molecule has 0 aliphatic heterocycles. The molecule has 1 aromatic heterocycles. The van der Waals surface area contributed by atoms with Crippen molar-refractivity contribution in [1.82, 2.24) is 0 Å². The lowest BCUT2D eigenvalue weighted by atomic mass is 10.3. The molecule has 0 radical (unpaired) electrons. The standard InChI is InChI=1S/C8H6O2.C4H8O2/c9-8-5-6-3-1-2-4-7(6)10-8;1-2-3-4(5)6/h1-5,9H;2-3H2,1H3,(H,5,6). The van der Waals surface area contributed by atoms with Gasteiger partial charge in [-0.3, -0.25) is 4.79 Å². The molecule has 0 aliphatic rings. The van der Waals surface area contributed by atoms with E-state index in [1.807, 2.05) is 31.2 Å². The summed E-state index contributed by atoms with van der Waals surface area (Å²) in [6.07, 6.45) is 1.02. The monoisotopic (exact) mass is 222 g/mol. The third-order valence-corrected chi connectivity index (χ3v) is 1.88. The fourth-order valence-electron chi connectivity index (χ4n) is 1.18. The Labute approximate surface area is 93.1 Å². The minimum Gasteiger partial charge on any atom is -0.481 e. The van der Waals surface area contributed by atoms with Gasteiger partial charge in [0.2, 0.25) is 0 Å². The van der Waals surface area contributed by atoms with Gasteiger partial charge in [-0.2, -0.15) is 0 Å². The SMILES string of the molecule is CCCC(=O)O.Oc1cc2ccccc2o1. The maximum absolute atomic E-state index is 9.60. The van der Waals surface area contributed by atoms with Crippen molar-refractivity contribution in [3.63, 3.8) is 0 Å². The fourth-order valence-corrected chi connectivity index (χ4v) is 1.18. The Morgan fingerprint density at radius 2 is 2.06 bits per heavy atom. The predicted molar refractivity (Wildman–Crippen MR) is 60.4 cm³/mol. The van der Waals surface area contributed by atoms with Gasteiger partial charge in [0.1, 0.15) is 5.58 Å². The second kappa shape index (κ2) is 5.80. The van der Waals surface area contributed by atoms with E-state index in [2.05, 4.69) is 0 Å². The highest BCUT2D eigenvalue weighted by atomic mass is 16.5. The zero-order valence-electron chi connectivity index (χ0n) is 9.01. The number of carboxylic acid groups (broad SMARTS) is 1. The number of hydrogen-bond acceptors (Lipinski definition) is 3. The maximum Gasteiger partial charge on any atom is 0.303 e. The number of para-hydroxylation sites is 1. The van der Waals surface area contributed by atoms with E-state index in [-0.39, 0.29) is 5.95 Å². The van der Waals surface area contributed by atoms with Crippen molar-refractivity contribution in [2.24, 2.45) is 0 Å². The first-order valence-electron chi connectivity index (χ1n) is 5.02. The van der Waals surface area contributed by atoms with E-state index >= 15 is 0 Å². The molecule has 16 heavy (non-hydrogen) atoms. The Morgan fingerprint density at radius 1 is 1.38 bits per heavy atom. The van der Waals surface area contributed by atoms with Crippen LogP contribution >= 0.6 is 0 Å². The van der Waals surface area contributed by atoms with Gasteiger partial charge in [0, 0.05) is 17.9 Å². The number of fused-ring (bicyclic) bond motifs is 1. The molecule has 1 heterocycles. The number of hydrogen-bond donors (Lipinski definition) is 2. The lowest BCUT2D eigenvalue weighted by Crippen LogP contribution is -1.90. The first-order chi connectivity index (χ1) is 7.63. The quantitative estimate of drug-likeness (QED) is 0.819. The highest BCUT2D eigenvalue weighted by Gasteiger charge is 1.97. The first kappa shape index (κ1) is 12.1. The average Bonchev–Trinajstić information content (AvgIpc) is 2.58. The number of carboxylic acids is 1. The molecule has 2 N–H and O–H groups in total. The first-order valence-corrected chi connectivity index (χ1v) is 5.02. The van der Waals surface area contributed by atoms with Crippen LogP contribution in [0, 0.1) is 0 Å². The van der Waals surface area contributed by atoms with Crippen LogP contribution in [0.3, 0.4) is 0 Å².